The summed E-state index contributed by atoms with van der Waals surface area (Å²) in [5.41, 5.74) is 1.17. The number of rotatable bonds is 0. The Hall–Kier alpha value is -0.950. The van der Waals surface area contributed by atoms with Gasteiger partial charge in [0.05, 0.1) is 0 Å². The van der Waals surface area contributed by atoms with Crippen LogP contribution in [0.2, 0.25) is 0 Å². The van der Waals surface area contributed by atoms with E-state index in [2.05, 4.69) is 23.1 Å². The van der Waals surface area contributed by atoms with E-state index in [0.29, 0.717) is 0 Å². The van der Waals surface area contributed by atoms with E-state index < -0.39 is 0 Å². The minimum atomic E-state index is 0.795. The Morgan fingerprint density at radius 2 is 2.18 bits per heavy atom. The van der Waals surface area contributed by atoms with Gasteiger partial charge in [-0.1, -0.05) is 29.8 Å². The normalized spacial score (nSPS) is 21.0. The quantitative estimate of drug-likeness (QED) is 0.499. The fourth-order valence-corrected chi connectivity index (χ4v) is 1.44. The predicted molar refractivity (Wildman–Crippen MR) is 47.0 cm³/mol. The van der Waals surface area contributed by atoms with E-state index in [0.717, 1.165) is 11.7 Å². The van der Waals surface area contributed by atoms with E-state index in [9.17, 15) is 0 Å². The highest BCUT2D eigenvalue weighted by Gasteiger charge is 2.12. The van der Waals surface area contributed by atoms with Crippen LogP contribution in [0.3, 0.4) is 0 Å². The first-order chi connectivity index (χ1) is 5.38. The van der Waals surface area contributed by atoms with E-state index in [-0.39, 0.29) is 0 Å². The fraction of sp³-hybridized carbons (Fsp3) is 0.111. The Kier molecular flexibility index (Phi) is 1.59. The lowest BCUT2D eigenvalue weighted by Gasteiger charge is -2.27. The molecule has 0 saturated carbocycles. The first-order valence-corrected chi connectivity index (χ1v) is 3.94. The molecule has 0 aromatic heterocycles. The van der Waals surface area contributed by atoms with Gasteiger partial charge in [0.15, 0.2) is 0 Å². The fourth-order valence-electron chi connectivity index (χ4n) is 1.20. The topological polar surface area (TPSA) is 3.24 Å². The summed E-state index contributed by atoms with van der Waals surface area (Å²) < 4.78 is 0. The Balaban J connectivity index is 2.37. The van der Waals surface area contributed by atoms with Gasteiger partial charge in [0.1, 0.15) is 5.16 Å². The Bertz CT molecular complexity index is 284. The van der Waals surface area contributed by atoms with Crippen LogP contribution < -0.4 is 0 Å². The standard InChI is InChI=1S/C9H8ClN/c10-9-6-3-5-8-4-1-2-7-11(8)9/h1-6H,7H2. The molecule has 2 aliphatic rings. The van der Waals surface area contributed by atoms with Crippen LogP contribution in [0.5, 0.6) is 0 Å². The van der Waals surface area contributed by atoms with Crippen LogP contribution in [0.15, 0.2) is 47.3 Å². The van der Waals surface area contributed by atoms with Crippen LogP contribution >= 0.6 is 11.6 Å². The molecule has 0 atom stereocenters. The van der Waals surface area contributed by atoms with E-state index in [1.54, 1.807) is 0 Å². The summed E-state index contributed by atoms with van der Waals surface area (Å²) in [6.07, 6.45) is 12.1. The summed E-state index contributed by atoms with van der Waals surface area (Å²) in [6, 6.07) is 0. The molecule has 2 heteroatoms. The SMILES string of the molecule is ClC1=CC=CC2=CC=CCN12. The summed E-state index contributed by atoms with van der Waals surface area (Å²) in [4.78, 5) is 2.06. The molecule has 0 spiro atoms. The maximum absolute atomic E-state index is 5.95. The smallest absolute Gasteiger partial charge is 0.109 e. The second kappa shape index (κ2) is 2.59. The van der Waals surface area contributed by atoms with Crippen LogP contribution in [0, 0.1) is 0 Å². The average molecular weight is 166 g/mol. The number of fused-ring (bicyclic) bond motifs is 1. The molecule has 0 amide bonds. The zero-order valence-electron chi connectivity index (χ0n) is 6.00. The largest absolute Gasteiger partial charge is 0.328 e. The van der Waals surface area contributed by atoms with Gasteiger partial charge in [0, 0.05) is 12.2 Å². The summed E-state index contributed by atoms with van der Waals surface area (Å²) in [5, 5.41) is 0.795. The van der Waals surface area contributed by atoms with Gasteiger partial charge >= 0.3 is 0 Å². The molecule has 0 bridgehead atoms. The summed E-state index contributed by atoms with van der Waals surface area (Å²) in [6.45, 7) is 0.880. The van der Waals surface area contributed by atoms with Gasteiger partial charge in [0.25, 0.3) is 0 Å². The molecule has 0 aromatic carbocycles. The van der Waals surface area contributed by atoms with Crippen molar-refractivity contribution < 1.29 is 0 Å². The maximum atomic E-state index is 5.95. The van der Waals surface area contributed by atoms with Crippen LogP contribution in [-0.4, -0.2) is 11.4 Å². The molecule has 2 heterocycles. The third-order valence-electron chi connectivity index (χ3n) is 1.76. The zero-order valence-corrected chi connectivity index (χ0v) is 6.75. The van der Waals surface area contributed by atoms with Crippen molar-refractivity contribution in [1.82, 2.24) is 4.90 Å². The van der Waals surface area contributed by atoms with Crippen molar-refractivity contribution in [3.8, 4) is 0 Å². The van der Waals surface area contributed by atoms with Crippen LogP contribution in [-0.2, 0) is 0 Å². The summed E-state index contributed by atoms with van der Waals surface area (Å²) in [5.74, 6) is 0. The molecule has 0 aromatic rings. The lowest BCUT2D eigenvalue weighted by molar-refractivity contribution is 0.508. The number of hydrogen-bond donors (Lipinski definition) is 0. The molecule has 56 valence electrons. The second-order valence-corrected chi connectivity index (χ2v) is 2.87. The molecule has 1 nitrogen and oxygen atoms in total. The van der Waals surface area contributed by atoms with Crippen molar-refractivity contribution in [2.45, 2.75) is 0 Å². The van der Waals surface area contributed by atoms with Crippen molar-refractivity contribution in [1.29, 1.82) is 0 Å². The van der Waals surface area contributed by atoms with Gasteiger partial charge in [0.2, 0.25) is 0 Å². The van der Waals surface area contributed by atoms with Gasteiger partial charge in [-0.2, -0.15) is 0 Å². The van der Waals surface area contributed by atoms with E-state index in [1.165, 1.54) is 5.70 Å². The first kappa shape index (κ1) is 6.74. The lowest BCUT2D eigenvalue weighted by Crippen LogP contribution is -2.22. The van der Waals surface area contributed by atoms with Crippen molar-refractivity contribution in [2.24, 2.45) is 0 Å². The van der Waals surface area contributed by atoms with Crippen LogP contribution in [0.25, 0.3) is 0 Å². The van der Waals surface area contributed by atoms with E-state index in [4.69, 9.17) is 11.6 Å². The van der Waals surface area contributed by atoms with E-state index in [1.807, 2.05) is 18.2 Å². The molecule has 0 N–H and O–H groups in total. The molecular weight excluding hydrogens is 158 g/mol. The summed E-state index contributed by atoms with van der Waals surface area (Å²) >= 11 is 5.95. The van der Waals surface area contributed by atoms with Gasteiger partial charge in [-0.25, -0.2) is 0 Å². The maximum Gasteiger partial charge on any atom is 0.109 e. The third-order valence-corrected chi connectivity index (χ3v) is 2.09. The second-order valence-electron chi connectivity index (χ2n) is 2.48. The minimum absolute atomic E-state index is 0.795. The zero-order chi connectivity index (χ0) is 7.68. The molecule has 2 rings (SSSR count). The predicted octanol–water partition coefficient (Wildman–Crippen LogP) is 2.39. The van der Waals surface area contributed by atoms with Crippen LogP contribution in [0.4, 0.5) is 0 Å². The Labute approximate surface area is 71.0 Å². The molecule has 0 unspecified atom stereocenters. The molecule has 0 radical (unpaired) electrons. The third kappa shape index (κ3) is 1.12. The molecule has 2 aliphatic heterocycles. The minimum Gasteiger partial charge on any atom is -0.328 e. The van der Waals surface area contributed by atoms with Crippen molar-refractivity contribution >= 4 is 11.6 Å². The summed E-state index contributed by atoms with van der Waals surface area (Å²) in [7, 11) is 0. The van der Waals surface area contributed by atoms with Gasteiger partial charge in [-0.3, -0.25) is 0 Å². The van der Waals surface area contributed by atoms with Crippen molar-refractivity contribution in [3.05, 3.63) is 47.3 Å². The number of nitrogens with zero attached hydrogens (tertiary/aromatic N) is 1. The molecule has 11 heavy (non-hydrogen) atoms. The van der Waals surface area contributed by atoms with E-state index >= 15 is 0 Å². The van der Waals surface area contributed by atoms with Crippen molar-refractivity contribution in [2.75, 3.05) is 6.54 Å². The van der Waals surface area contributed by atoms with Crippen LogP contribution in [0.1, 0.15) is 0 Å². The molecular formula is C9H8ClN. The Morgan fingerprint density at radius 1 is 1.27 bits per heavy atom. The highest BCUT2D eigenvalue weighted by atomic mass is 35.5. The number of allylic oxidation sites excluding steroid dienone is 5. The lowest BCUT2D eigenvalue weighted by atomic mass is 10.2. The molecule has 0 saturated heterocycles. The monoisotopic (exact) mass is 165 g/mol. The van der Waals surface area contributed by atoms with Gasteiger partial charge < -0.3 is 4.90 Å². The highest BCUT2D eigenvalue weighted by Crippen LogP contribution is 2.23. The number of halogens is 1. The molecule has 0 fully saturated rings. The van der Waals surface area contributed by atoms with Gasteiger partial charge in [-0.05, 0) is 18.2 Å². The first-order valence-electron chi connectivity index (χ1n) is 3.56. The Morgan fingerprint density at radius 3 is 3.00 bits per heavy atom. The molecule has 0 aliphatic carbocycles. The van der Waals surface area contributed by atoms with Crippen molar-refractivity contribution in [3.63, 3.8) is 0 Å². The average Bonchev–Trinajstić information content (AvgIpc) is 2.06. The highest BCUT2D eigenvalue weighted by molar-refractivity contribution is 6.29. The number of hydrogen-bond acceptors (Lipinski definition) is 1. The van der Waals surface area contributed by atoms with Gasteiger partial charge in [-0.15, -0.1) is 0 Å².